The summed E-state index contributed by atoms with van der Waals surface area (Å²) in [6.45, 7) is 10.1. The van der Waals surface area contributed by atoms with Gasteiger partial charge in [-0.2, -0.15) is 0 Å². The molecule has 0 aliphatic carbocycles. The topological polar surface area (TPSA) is 66.6 Å². The van der Waals surface area contributed by atoms with Crippen molar-refractivity contribution in [3.63, 3.8) is 0 Å². The number of aryl methyl sites for hydroxylation is 1. The smallest absolute Gasteiger partial charge is 0.225 e. The SMILES string of the molecule is Cc1ccc(-c2nnc3c4ccc(Cl)cc4nc(N4CCN(C(=O)C(C)C)[C@H](C)C4)n23)cc1. The Labute approximate surface area is 198 Å². The summed E-state index contributed by atoms with van der Waals surface area (Å²) in [6, 6.07) is 14.0. The van der Waals surface area contributed by atoms with Crippen molar-refractivity contribution in [2.45, 2.75) is 33.7 Å². The number of piperazine rings is 1. The van der Waals surface area contributed by atoms with Gasteiger partial charge in [-0.05, 0) is 32.0 Å². The predicted octanol–water partition coefficient (Wildman–Crippen LogP) is 4.60. The van der Waals surface area contributed by atoms with Crippen molar-refractivity contribution in [2.24, 2.45) is 5.92 Å². The van der Waals surface area contributed by atoms with Crippen LogP contribution in [0.15, 0.2) is 42.5 Å². The van der Waals surface area contributed by atoms with Gasteiger partial charge in [0.1, 0.15) is 0 Å². The molecule has 0 radical (unpaired) electrons. The molecular weight excluding hydrogens is 436 g/mol. The predicted molar refractivity (Wildman–Crippen MR) is 132 cm³/mol. The largest absolute Gasteiger partial charge is 0.338 e. The molecule has 2 aromatic heterocycles. The van der Waals surface area contributed by atoms with Gasteiger partial charge in [0, 0.05) is 47.6 Å². The zero-order valence-corrected chi connectivity index (χ0v) is 20.0. The summed E-state index contributed by atoms with van der Waals surface area (Å²) >= 11 is 6.29. The summed E-state index contributed by atoms with van der Waals surface area (Å²) in [7, 11) is 0. The van der Waals surface area contributed by atoms with Gasteiger partial charge < -0.3 is 9.80 Å². The van der Waals surface area contributed by atoms with E-state index >= 15 is 0 Å². The summed E-state index contributed by atoms with van der Waals surface area (Å²) in [5.41, 5.74) is 3.69. The van der Waals surface area contributed by atoms with Crippen molar-refractivity contribution in [2.75, 3.05) is 24.5 Å². The highest BCUT2D eigenvalue weighted by molar-refractivity contribution is 6.31. The second-order valence-corrected chi connectivity index (χ2v) is 9.54. The Morgan fingerprint density at radius 3 is 2.55 bits per heavy atom. The molecule has 2 aromatic carbocycles. The summed E-state index contributed by atoms with van der Waals surface area (Å²) in [5, 5.41) is 10.6. The number of hydrogen-bond acceptors (Lipinski definition) is 5. The Hall–Kier alpha value is -3.19. The minimum absolute atomic E-state index is 0.0161. The summed E-state index contributed by atoms with van der Waals surface area (Å²) < 4.78 is 2.04. The molecule has 1 aliphatic heterocycles. The van der Waals surface area contributed by atoms with Gasteiger partial charge >= 0.3 is 0 Å². The maximum absolute atomic E-state index is 12.7. The van der Waals surface area contributed by atoms with Gasteiger partial charge in [0.15, 0.2) is 11.5 Å². The Bertz CT molecular complexity index is 1350. The van der Waals surface area contributed by atoms with Crippen LogP contribution in [0.2, 0.25) is 5.02 Å². The molecule has 5 rings (SSSR count). The Balaban J connectivity index is 1.66. The lowest BCUT2D eigenvalue weighted by atomic mass is 10.1. The minimum atomic E-state index is -0.0161. The zero-order chi connectivity index (χ0) is 23.3. The molecule has 1 atom stereocenters. The van der Waals surface area contributed by atoms with Crippen LogP contribution in [0.1, 0.15) is 26.3 Å². The van der Waals surface area contributed by atoms with Crippen LogP contribution in [0.4, 0.5) is 5.95 Å². The first-order chi connectivity index (χ1) is 15.8. The molecule has 1 aliphatic rings. The highest BCUT2D eigenvalue weighted by atomic mass is 35.5. The molecule has 170 valence electrons. The second-order valence-electron chi connectivity index (χ2n) is 9.10. The first-order valence-electron chi connectivity index (χ1n) is 11.3. The van der Waals surface area contributed by atoms with E-state index in [0.29, 0.717) is 24.7 Å². The van der Waals surface area contributed by atoms with Crippen molar-refractivity contribution in [3.8, 4) is 11.4 Å². The monoisotopic (exact) mass is 462 g/mol. The first kappa shape index (κ1) is 21.6. The lowest BCUT2D eigenvalue weighted by molar-refractivity contribution is -0.136. The third kappa shape index (κ3) is 3.80. The quantitative estimate of drug-likeness (QED) is 0.445. The van der Waals surface area contributed by atoms with E-state index in [-0.39, 0.29) is 17.9 Å². The highest BCUT2D eigenvalue weighted by Gasteiger charge is 2.31. The average molecular weight is 463 g/mol. The van der Waals surface area contributed by atoms with Crippen LogP contribution in [0.5, 0.6) is 0 Å². The maximum atomic E-state index is 12.7. The number of fused-ring (bicyclic) bond motifs is 3. The zero-order valence-electron chi connectivity index (χ0n) is 19.3. The van der Waals surface area contributed by atoms with Gasteiger partial charge in [0.25, 0.3) is 0 Å². The molecule has 1 fully saturated rings. The third-order valence-electron chi connectivity index (χ3n) is 6.28. The first-order valence-corrected chi connectivity index (χ1v) is 11.7. The minimum Gasteiger partial charge on any atom is -0.338 e. The van der Waals surface area contributed by atoms with E-state index in [1.165, 1.54) is 5.56 Å². The van der Waals surface area contributed by atoms with Crippen LogP contribution in [0.3, 0.4) is 0 Å². The molecule has 3 heterocycles. The highest BCUT2D eigenvalue weighted by Crippen LogP contribution is 2.31. The van der Waals surface area contributed by atoms with Crippen molar-refractivity contribution < 1.29 is 4.79 Å². The number of hydrogen-bond donors (Lipinski definition) is 0. The van der Waals surface area contributed by atoms with Crippen molar-refractivity contribution in [1.29, 1.82) is 0 Å². The van der Waals surface area contributed by atoms with E-state index in [4.69, 9.17) is 16.6 Å². The Morgan fingerprint density at radius 2 is 1.85 bits per heavy atom. The molecule has 0 N–H and O–H groups in total. The maximum Gasteiger partial charge on any atom is 0.225 e. The molecule has 0 unspecified atom stereocenters. The van der Waals surface area contributed by atoms with E-state index in [9.17, 15) is 4.79 Å². The van der Waals surface area contributed by atoms with E-state index < -0.39 is 0 Å². The molecule has 1 saturated heterocycles. The molecule has 8 heteroatoms. The van der Waals surface area contributed by atoms with Crippen LogP contribution in [-0.4, -0.2) is 56.1 Å². The van der Waals surface area contributed by atoms with E-state index in [1.807, 2.05) is 41.3 Å². The van der Waals surface area contributed by atoms with Gasteiger partial charge in [-0.25, -0.2) is 9.38 Å². The molecule has 0 saturated carbocycles. The van der Waals surface area contributed by atoms with Crippen LogP contribution in [0, 0.1) is 12.8 Å². The average Bonchev–Trinajstić information content (AvgIpc) is 3.23. The Morgan fingerprint density at radius 1 is 1.09 bits per heavy atom. The van der Waals surface area contributed by atoms with Crippen LogP contribution < -0.4 is 4.90 Å². The summed E-state index contributed by atoms with van der Waals surface area (Å²) in [5.74, 6) is 1.69. The lowest BCUT2D eigenvalue weighted by Gasteiger charge is -2.41. The number of rotatable bonds is 3. The lowest BCUT2D eigenvalue weighted by Crippen LogP contribution is -2.55. The number of amides is 1. The molecule has 33 heavy (non-hydrogen) atoms. The third-order valence-corrected chi connectivity index (χ3v) is 6.52. The van der Waals surface area contributed by atoms with Gasteiger partial charge in [0.2, 0.25) is 11.9 Å². The van der Waals surface area contributed by atoms with Gasteiger partial charge in [0.05, 0.1) is 5.52 Å². The number of carbonyl (C=O) groups is 1. The van der Waals surface area contributed by atoms with Gasteiger partial charge in [-0.1, -0.05) is 55.3 Å². The molecule has 0 bridgehead atoms. The van der Waals surface area contributed by atoms with Crippen LogP contribution >= 0.6 is 11.6 Å². The number of benzene rings is 2. The molecule has 1 amide bonds. The fraction of sp³-hybridized carbons (Fsp3) is 0.360. The van der Waals surface area contributed by atoms with Gasteiger partial charge in [-0.3, -0.25) is 4.79 Å². The number of anilines is 1. The van der Waals surface area contributed by atoms with Crippen molar-refractivity contribution in [3.05, 3.63) is 53.1 Å². The standard InChI is InChI=1S/C25H27ClN6O/c1-15(2)24(33)31-12-11-30(14-17(31)4)25-27-21-13-19(26)9-10-20(21)23-29-28-22(32(23)25)18-7-5-16(3)6-8-18/h5-10,13,15,17H,11-12,14H2,1-4H3/t17-/m1/s1. The number of halogens is 1. The van der Waals surface area contributed by atoms with Crippen molar-refractivity contribution in [1.82, 2.24) is 24.5 Å². The number of nitrogens with zero attached hydrogens (tertiary/aromatic N) is 6. The molecular formula is C25H27ClN6O. The molecule has 7 nitrogen and oxygen atoms in total. The fourth-order valence-electron chi connectivity index (χ4n) is 4.49. The Kier molecular flexibility index (Phi) is 5.44. The van der Waals surface area contributed by atoms with Crippen LogP contribution in [-0.2, 0) is 4.79 Å². The van der Waals surface area contributed by atoms with Crippen molar-refractivity contribution >= 4 is 40.0 Å². The molecule has 0 spiro atoms. The summed E-state index contributed by atoms with van der Waals surface area (Å²) in [6.07, 6.45) is 0. The number of aromatic nitrogens is 4. The molecule has 4 aromatic rings. The fourth-order valence-corrected chi connectivity index (χ4v) is 4.66. The second kappa shape index (κ2) is 8.30. The summed E-state index contributed by atoms with van der Waals surface area (Å²) in [4.78, 5) is 21.9. The van der Waals surface area contributed by atoms with Crippen LogP contribution in [0.25, 0.3) is 27.9 Å². The van der Waals surface area contributed by atoms with Gasteiger partial charge in [-0.15, -0.1) is 10.2 Å². The van der Waals surface area contributed by atoms with E-state index in [0.717, 1.165) is 33.9 Å². The van der Waals surface area contributed by atoms with E-state index in [2.05, 4.69) is 53.2 Å². The number of carbonyl (C=O) groups excluding carboxylic acids is 1. The normalized spacial score (nSPS) is 16.8. The van der Waals surface area contributed by atoms with E-state index in [1.54, 1.807) is 0 Å².